The van der Waals surface area contributed by atoms with E-state index in [1.54, 1.807) is 30.3 Å². The molecule has 0 bridgehead atoms. The molecule has 1 aromatic heterocycles. The summed E-state index contributed by atoms with van der Waals surface area (Å²) in [6.45, 7) is 0.970. The zero-order chi connectivity index (χ0) is 17.6. The number of carboxylic acids is 1. The maximum Gasteiger partial charge on any atom is 0.325 e. The Morgan fingerprint density at radius 2 is 2.28 bits per heavy atom. The largest absolute Gasteiger partial charge is 0.491 e. The van der Waals surface area contributed by atoms with E-state index in [2.05, 4.69) is 10.4 Å². The second-order valence-corrected chi connectivity index (χ2v) is 5.72. The number of nitrogens with zero attached hydrogens (tertiary/aromatic N) is 2. The van der Waals surface area contributed by atoms with Crippen LogP contribution in [0, 0.1) is 0 Å². The van der Waals surface area contributed by atoms with E-state index in [1.165, 1.54) is 10.9 Å². The van der Waals surface area contributed by atoms with Gasteiger partial charge in [-0.1, -0.05) is 6.07 Å². The van der Waals surface area contributed by atoms with Crippen molar-refractivity contribution in [1.82, 2.24) is 9.78 Å². The molecule has 1 aromatic carbocycles. The first-order chi connectivity index (χ1) is 12.1. The van der Waals surface area contributed by atoms with E-state index in [0.717, 1.165) is 19.4 Å². The maximum absolute atomic E-state index is 12.3. The number of benzene rings is 1. The van der Waals surface area contributed by atoms with Gasteiger partial charge < -0.3 is 19.9 Å². The topological polar surface area (TPSA) is 103 Å². The molecule has 1 fully saturated rings. The van der Waals surface area contributed by atoms with Crippen molar-refractivity contribution in [3.63, 3.8) is 0 Å². The Balaban J connectivity index is 1.58. The molecule has 0 radical (unpaired) electrons. The number of hydrogen-bond acceptors (Lipinski definition) is 5. The third kappa shape index (κ3) is 4.80. The fourth-order valence-electron chi connectivity index (χ4n) is 2.54. The average Bonchev–Trinajstić information content (AvgIpc) is 3.25. The molecule has 1 aliphatic heterocycles. The summed E-state index contributed by atoms with van der Waals surface area (Å²) >= 11 is 0. The number of carbonyl (C=O) groups excluding carboxylic acids is 1. The van der Waals surface area contributed by atoms with E-state index in [4.69, 9.17) is 14.6 Å². The number of carboxylic acid groups (broad SMARTS) is 1. The Kier molecular flexibility index (Phi) is 5.30. The Bertz CT molecular complexity index is 752. The monoisotopic (exact) mass is 345 g/mol. The second-order valence-electron chi connectivity index (χ2n) is 5.72. The quantitative estimate of drug-likeness (QED) is 0.793. The summed E-state index contributed by atoms with van der Waals surface area (Å²) < 4.78 is 12.4. The minimum Gasteiger partial charge on any atom is -0.491 e. The van der Waals surface area contributed by atoms with Gasteiger partial charge in [-0.05, 0) is 31.0 Å². The van der Waals surface area contributed by atoms with Crippen LogP contribution in [0.4, 0.5) is 5.82 Å². The van der Waals surface area contributed by atoms with Crippen LogP contribution in [0.2, 0.25) is 0 Å². The summed E-state index contributed by atoms with van der Waals surface area (Å²) in [5.74, 6) is -0.461. The molecule has 2 aromatic rings. The summed E-state index contributed by atoms with van der Waals surface area (Å²) in [4.78, 5) is 22.9. The van der Waals surface area contributed by atoms with Crippen LogP contribution in [0.5, 0.6) is 5.75 Å². The van der Waals surface area contributed by atoms with E-state index in [9.17, 15) is 9.59 Å². The van der Waals surface area contributed by atoms with Crippen LogP contribution in [-0.4, -0.2) is 46.1 Å². The van der Waals surface area contributed by atoms with E-state index in [0.29, 0.717) is 17.9 Å². The lowest BCUT2D eigenvalue weighted by molar-refractivity contribution is -0.137. The normalized spacial score (nSPS) is 16.6. The van der Waals surface area contributed by atoms with Crippen molar-refractivity contribution < 1.29 is 24.2 Å². The maximum atomic E-state index is 12.3. The summed E-state index contributed by atoms with van der Waals surface area (Å²) in [5.41, 5.74) is 0.428. The minimum absolute atomic E-state index is 0.107. The molecule has 1 atom stereocenters. The molecule has 0 spiro atoms. The van der Waals surface area contributed by atoms with Crippen molar-refractivity contribution in [3.8, 4) is 5.75 Å². The molecule has 3 rings (SSSR count). The van der Waals surface area contributed by atoms with Gasteiger partial charge in [0.15, 0.2) is 5.82 Å². The molecule has 8 nitrogen and oxygen atoms in total. The van der Waals surface area contributed by atoms with Crippen LogP contribution in [0.1, 0.15) is 23.2 Å². The number of amides is 1. The van der Waals surface area contributed by atoms with Gasteiger partial charge in [0.05, 0.1) is 6.10 Å². The third-order valence-corrected chi connectivity index (χ3v) is 3.74. The summed E-state index contributed by atoms with van der Waals surface area (Å²) in [6.07, 6.45) is 3.63. The smallest absolute Gasteiger partial charge is 0.325 e. The Morgan fingerprint density at radius 1 is 1.40 bits per heavy atom. The van der Waals surface area contributed by atoms with Crippen molar-refractivity contribution in [2.45, 2.75) is 25.5 Å². The predicted molar refractivity (Wildman–Crippen MR) is 88.7 cm³/mol. The molecule has 1 saturated heterocycles. The SMILES string of the molecule is O=C(O)Cn1ccc(NC(=O)c2cccc(OCC3CCCO3)c2)n1. The molecule has 1 aliphatic rings. The molecule has 2 heterocycles. The van der Waals surface area contributed by atoms with Crippen LogP contribution in [0.3, 0.4) is 0 Å². The zero-order valence-corrected chi connectivity index (χ0v) is 13.6. The van der Waals surface area contributed by atoms with Gasteiger partial charge in [-0.2, -0.15) is 5.10 Å². The first-order valence-corrected chi connectivity index (χ1v) is 8.01. The molecule has 2 N–H and O–H groups in total. The van der Waals surface area contributed by atoms with Crippen molar-refractivity contribution >= 4 is 17.7 Å². The molecule has 8 heteroatoms. The van der Waals surface area contributed by atoms with Gasteiger partial charge >= 0.3 is 5.97 Å². The summed E-state index contributed by atoms with van der Waals surface area (Å²) in [5, 5.41) is 15.3. The third-order valence-electron chi connectivity index (χ3n) is 3.74. The van der Waals surface area contributed by atoms with Gasteiger partial charge in [0, 0.05) is 24.4 Å². The zero-order valence-electron chi connectivity index (χ0n) is 13.6. The number of anilines is 1. The van der Waals surface area contributed by atoms with Crippen LogP contribution < -0.4 is 10.1 Å². The van der Waals surface area contributed by atoms with Crippen LogP contribution in [0.25, 0.3) is 0 Å². The number of nitrogens with one attached hydrogen (secondary N) is 1. The first kappa shape index (κ1) is 17.0. The van der Waals surface area contributed by atoms with Crippen molar-refractivity contribution in [2.75, 3.05) is 18.5 Å². The number of aliphatic carboxylic acids is 1. The number of hydrogen-bond donors (Lipinski definition) is 2. The fraction of sp³-hybridized carbons (Fsp3) is 0.353. The van der Waals surface area contributed by atoms with Crippen molar-refractivity contribution in [3.05, 3.63) is 42.1 Å². The fourth-order valence-corrected chi connectivity index (χ4v) is 2.54. The number of carbonyl (C=O) groups is 2. The number of rotatable bonds is 7. The van der Waals surface area contributed by atoms with Crippen LogP contribution in [0.15, 0.2) is 36.5 Å². The van der Waals surface area contributed by atoms with Gasteiger partial charge in [-0.15, -0.1) is 0 Å². The van der Waals surface area contributed by atoms with Gasteiger partial charge in [0.2, 0.25) is 0 Å². The van der Waals surface area contributed by atoms with E-state index >= 15 is 0 Å². The number of aromatic nitrogens is 2. The van der Waals surface area contributed by atoms with Gasteiger partial charge in [-0.25, -0.2) is 0 Å². The summed E-state index contributed by atoms with van der Waals surface area (Å²) in [7, 11) is 0. The van der Waals surface area contributed by atoms with Gasteiger partial charge in [0.1, 0.15) is 18.9 Å². The highest BCUT2D eigenvalue weighted by Gasteiger charge is 2.16. The lowest BCUT2D eigenvalue weighted by atomic mass is 10.2. The molecule has 0 saturated carbocycles. The lowest BCUT2D eigenvalue weighted by Crippen LogP contribution is -2.17. The summed E-state index contributed by atoms with van der Waals surface area (Å²) in [6, 6.07) is 8.38. The van der Waals surface area contributed by atoms with Crippen molar-refractivity contribution in [2.24, 2.45) is 0 Å². The molecule has 1 amide bonds. The van der Waals surface area contributed by atoms with Crippen molar-refractivity contribution in [1.29, 1.82) is 0 Å². The minimum atomic E-state index is -1.00. The Labute approximate surface area is 144 Å². The second kappa shape index (κ2) is 7.80. The highest BCUT2D eigenvalue weighted by molar-refractivity contribution is 6.03. The van der Waals surface area contributed by atoms with E-state index in [1.807, 2.05) is 0 Å². The van der Waals surface area contributed by atoms with Gasteiger partial charge in [-0.3, -0.25) is 14.3 Å². The average molecular weight is 345 g/mol. The van der Waals surface area contributed by atoms with E-state index in [-0.39, 0.29) is 24.4 Å². The van der Waals surface area contributed by atoms with Crippen LogP contribution in [-0.2, 0) is 16.1 Å². The standard InChI is InChI=1S/C17H19N3O5/c21-16(22)10-20-7-6-15(19-20)18-17(23)12-3-1-4-13(9-12)25-11-14-5-2-8-24-14/h1,3-4,6-7,9,14H,2,5,8,10-11H2,(H,21,22)(H,18,19,23). The van der Waals surface area contributed by atoms with Crippen LogP contribution >= 0.6 is 0 Å². The highest BCUT2D eigenvalue weighted by atomic mass is 16.5. The Morgan fingerprint density at radius 3 is 3.04 bits per heavy atom. The van der Waals surface area contributed by atoms with E-state index < -0.39 is 5.97 Å². The highest BCUT2D eigenvalue weighted by Crippen LogP contribution is 2.18. The molecule has 25 heavy (non-hydrogen) atoms. The Hall–Kier alpha value is -2.87. The molecular formula is C17H19N3O5. The molecular weight excluding hydrogens is 326 g/mol. The molecule has 1 unspecified atom stereocenters. The molecule has 0 aliphatic carbocycles. The van der Waals surface area contributed by atoms with Gasteiger partial charge in [0.25, 0.3) is 5.91 Å². The number of ether oxygens (including phenoxy) is 2. The predicted octanol–water partition coefficient (Wildman–Crippen LogP) is 1.78. The molecule has 132 valence electrons. The lowest BCUT2D eigenvalue weighted by Gasteiger charge is -2.12. The first-order valence-electron chi connectivity index (χ1n) is 8.01.